The summed E-state index contributed by atoms with van der Waals surface area (Å²) < 4.78 is 5.61. The lowest BCUT2D eigenvalue weighted by atomic mass is 9.89. The minimum atomic E-state index is -0.352. The number of rotatable bonds is 14. The molecular formula is C33H37N3O2. The molecule has 38 heavy (non-hydrogen) atoms. The number of methoxy groups -OCH3 is 1. The molecule has 4 rings (SSSR count). The first kappa shape index (κ1) is 26.9. The number of aromatic nitrogens is 1. The molecule has 0 saturated heterocycles. The molecule has 4 aromatic rings. The van der Waals surface area contributed by atoms with Crippen molar-refractivity contribution in [3.63, 3.8) is 0 Å². The first-order valence-electron chi connectivity index (χ1n) is 13.4. The number of hydrogen-bond acceptors (Lipinski definition) is 4. The van der Waals surface area contributed by atoms with Crippen molar-refractivity contribution in [1.29, 1.82) is 0 Å². The SMILES string of the molecule is COc1ccccc1CN(CCCCCCNc1ccccn1)C(=O)C(c1ccccc1)c1ccccc1. The van der Waals surface area contributed by atoms with Crippen LogP contribution in [0.5, 0.6) is 5.75 Å². The van der Waals surface area contributed by atoms with Crippen LogP contribution < -0.4 is 10.1 Å². The lowest BCUT2D eigenvalue weighted by Gasteiger charge is -2.29. The van der Waals surface area contributed by atoms with E-state index < -0.39 is 0 Å². The number of nitrogens with zero attached hydrogens (tertiary/aromatic N) is 2. The van der Waals surface area contributed by atoms with E-state index in [4.69, 9.17) is 4.74 Å². The van der Waals surface area contributed by atoms with Gasteiger partial charge in [0.15, 0.2) is 0 Å². The van der Waals surface area contributed by atoms with Gasteiger partial charge in [0.1, 0.15) is 11.6 Å². The maximum Gasteiger partial charge on any atom is 0.234 e. The number of unbranched alkanes of at least 4 members (excludes halogenated alkanes) is 3. The lowest BCUT2D eigenvalue weighted by Crippen LogP contribution is -2.36. The van der Waals surface area contributed by atoms with Gasteiger partial charge in [0.2, 0.25) is 5.91 Å². The van der Waals surface area contributed by atoms with Gasteiger partial charge in [-0.3, -0.25) is 4.79 Å². The first-order chi connectivity index (χ1) is 18.8. The molecule has 5 heteroatoms. The van der Waals surface area contributed by atoms with Gasteiger partial charge in [0, 0.05) is 31.4 Å². The Hall–Kier alpha value is -4.12. The Labute approximate surface area is 226 Å². The standard InChI is InChI=1S/C33H37N3O2/c1-38-30-21-11-10-20-29(30)26-36(25-15-3-2-13-23-34-31-22-12-14-24-35-31)33(37)32(27-16-6-4-7-17-27)28-18-8-5-9-19-28/h4-12,14,16-22,24,32H,2-3,13,15,23,25-26H2,1H3,(H,34,35). The fourth-order valence-electron chi connectivity index (χ4n) is 4.72. The lowest BCUT2D eigenvalue weighted by molar-refractivity contribution is -0.132. The largest absolute Gasteiger partial charge is 0.496 e. The third kappa shape index (κ3) is 7.69. The number of carbonyl (C=O) groups is 1. The number of carbonyl (C=O) groups excluding carboxylic acids is 1. The average Bonchev–Trinajstić information content (AvgIpc) is 2.98. The van der Waals surface area contributed by atoms with Crippen molar-refractivity contribution < 1.29 is 9.53 Å². The molecule has 0 atom stereocenters. The topological polar surface area (TPSA) is 54.5 Å². The summed E-state index contributed by atoms with van der Waals surface area (Å²) >= 11 is 0. The fraction of sp³-hybridized carbons (Fsp3) is 0.273. The number of nitrogens with one attached hydrogen (secondary N) is 1. The van der Waals surface area contributed by atoms with Gasteiger partial charge < -0.3 is 15.0 Å². The number of ether oxygens (including phenoxy) is 1. The number of para-hydroxylation sites is 1. The van der Waals surface area contributed by atoms with Crippen LogP contribution in [0.15, 0.2) is 109 Å². The second-order valence-electron chi connectivity index (χ2n) is 9.38. The van der Waals surface area contributed by atoms with Crippen molar-refractivity contribution in [3.8, 4) is 5.75 Å². The normalized spacial score (nSPS) is 10.8. The summed E-state index contributed by atoms with van der Waals surface area (Å²) in [5.41, 5.74) is 3.03. The number of pyridine rings is 1. The highest BCUT2D eigenvalue weighted by molar-refractivity contribution is 5.87. The van der Waals surface area contributed by atoms with E-state index in [0.717, 1.165) is 60.5 Å². The van der Waals surface area contributed by atoms with Gasteiger partial charge in [-0.15, -0.1) is 0 Å². The third-order valence-corrected chi connectivity index (χ3v) is 6.70. The Morgan fingerprint density at radius 3 is 2.08 bits per heavy atom. The van der Waals surface area contributed by atoms with Crippen LogP contribution in [-0.4, -0.2) is 36.0 Å². The smallest absolute Gasteiger partial charge is 0.234 e. The van der Waals surface area contributed by atoms with E-state index >= 15 is 0 Å². The molecule has 1 N–H and O–H groups in total. The highest BCUT2D eigenvalue weighted by Crippen LogP contribution is 2.29. The van der Waals surface area contributed by atoms with Gasteiger partial charge in [-0.2, -0.15) is 0 Å². The molecule has 0 aliphatic heterocycles. The Balaban J connectivity index is 1.45. The molecule has 1 aromatic heterocycles. The summed E-state index contributed by atoms with van der Waals surface area (Å²) in [6, 6.07) is 34.0. The van der Waals surface area contributed by atoms with Gasteiger partial charge in [0.25, 0.3) is 0 Å². The van der Waals surface area contributed by atoms with Gasteiger partial charge in [-0.25, -0.2) is 4.98 Å². The number of benzene rings is 3. The second-order valence-corrected chi connectivity index (χ2v) is 9.38. The molecule has 196 valence electrons. The van der Waals surface area contributed by atoms with Gasteiger partial charge >= 0.3 is 0 Å². The highest BCUT2D eigenvalue weighted by atomic mass is 16.5. The van der Waals surface area contributed by atoms with Crippen molar-refractivity contribution in [2.45, 2.75) is 38.1 Å². The molecule has 1 amide bonds. The Bertz CT molecular complexity index is 1190. The Morgan fingerprint density at radius 2 is 1.42 bits per heavy atom. The molecule has 5 nitrogen and oxygen atoms in total. The van der Waals surface area contributed by atoms with E-state index in [-0.39, 0.29) is 11.8 Å². The molecule has 0 fully saturated rings. The zero-order valence-corrected chi connectivity index (χ0v) is 22.1. The molecule has 0 unspecified atom stereocenters. The summed E-state index contributed by atoms with van der Waals surface area (Å²) in [5, 5.41) is 3.37. The Kier molecular flexibility index (Phi) is 10.3. The molecular weight excluding hydrogens is 470 g/mol. The predicted octanol–water partition coefficient (Wildman–Crippen LogP) is 6.92. The molecule has 0 radical (unpaired) electrons. The number of amides is 1. The predicted molar refractivity (Wildman–Crippen MR) is 154 cm³/mol. The molecule has 0 saturated carbocycles. The van der Waals surface area contributed by atoms with Crippen molar-refractivity contribution >= 4 is 11.7 Å². The highest BCUT2D eigenvalue weighted by Gasteiger charge is 2.28. The molecule has 0 bridgehead atoms. The van der Waals surface area contributed by atoms with Crippen LogP contribution in [0.4, 0.5) is 5.82 Å². The molecule has 0 aliphatic carbocycles. The summed E-state index contributed by atoms with van der Waals surface area (Å²) in [4.78, 5) is 20.6. The monoisotopic (exact) mass is 507 g/mol. The van der Waals surface area contributed by atoms with Crippen LogP contribution >= 0.6 is 0 Å². The number of hydrogen-bond donors (Lipinski definition) is 1. The molecule has 1 heterocycles. The summed E-state index contributed by atoms with van der Waals surface area (Å²) in [6.45, 7) is 2.10. The summed E-state index contributed by atoms with van der Waals surface area (Å²) in [5.74, 6) is 1.48. The van der Waals surface area contributed by atoms with E-state index in [2.05, 4.69) is 10.3 Å². The maximum absolute atomic E-state index is 14.2. The van der Waals surface area contributed by atoms with Crippen LogP contribution in [0.3, 0.4) is 0 Å². The fourth-order valence-corrected chi connectivity index (χ4v) is 4.72. The van der Waals surface area contributed by atoms with E-state index in [1.165, 1.54) is 0 Å². The first-order valence-corrected chi connectivity index (χ1v) is 13.4. The van der Waals surface area contributed by atoms with E-state index in [1.807, 2.05) is 108 Å². The molecule has 0 aliphatic rings. The zero-order chi connectivity index (χ0) is 26.4. The minimum Gasteiger partial charge on any atom is -0.496 e. The molecule has 0 spiro atoms. The van der Waals surface area contributed by atoms with Crippen LogP contribution in [-0.2, 0) is 11.3 Å². The van der Waals surface area contributed by atoms with Crippen molar-refractivity contribution in [3.05, 3.63) is 126 Å². The third-order valence-electron chi connectivity index (χ3n) is 6.70. The van der Waals surface area contributed by atoms with E-state index in [0.29, 0.717) is 13.1 Å². The number of anilines is 1. The van der Waals surface area contributed by atoms with E-state index in [1.54, 1.807) is 13.3 Å². The summed E-state index contributed by atoms with van der Waals surface area (Å²) in [6.07, 6.45) is 5.96. The van der Waals surface area contributed by atoms with Gasteiger partial charge in [0.05, 0.1) is 13.0 Å². The zero-order valence-electron chi connectivity index (χ0n) is 22.1. The van der Waals surface area contributed by atoms with Crippen LogP contribution in [0.2, 0.25) is 0 Å². The molecule has 3 aromatic carbocycles. The van der Waals surface area contributed by atoms with Crippen molar-refractivity contribution in [2.75, 3.05) is 25.5 Å². The maximum atomic E-state index is 14.2. The van der Waals surface area contributed by atoms with Gasteiger partial charge in [-0.05, 0) is 42.2 Å². The van der Waals surface area contributed by atoms with Crippen molar-refractivity contribution in [1.82, 2.24) is 9.88 Å². The second kappa shape index (κ2) is 14.6. The Morgan fingerprint density at radius 1 is 0.789 bits per heavy atom. The van der Waals surface area contributed by atoms with Crippen molar-refractivity contribution in [2.24, 2.45) is 0 Å². The van der Waals surface area contributed by atoms with Crippen LogP contribution in [0.1, 0.15) is 48.3 Å². The average molecular weight is 508 g/mol. The minimum absolute atomic E-state index is 0.116. The van der Waals surface area contributed by atoms with Crippen LogP contribution in [0.25, 0.3) is 0 Å². The quantitative estimate of drug-likeness (QED) is 0.188. The summed E-state index contributed by atoms with van der Waals surface area (Å²) in [7, 11) is 1.68. The van der Waals surface area contributed by atoms with Crippen LogP contribution in [0, 0.1) is 0 Å². The van der Waals surface area contributed by atoms with Gasteiger partial charge in [-0.1, -0.05) is 97.8 Å². The van der Waals surface area contributed by atoms with E-state index in [9.17, 15) is 4.79 Å².